The summed E-state index contributed by atoms with van der Waals surface area (Å²) in [6.45, 7) is 4.93. The van der Waals surface area contributed by atoms with Gasteiger partial charge in [0.25, 0.3) is 0 Å². The normalized spacial score (nSPS) is 10.9. The van der Waals surface area contributed by atoms with Crippen molar-refractivity contribution in [2.24, 2.45) is 0 Å². The van der Waals surface area contributed by atoms with Crippen LogP contribution in [0.3, 0.4) is 0 Å². The van der Waals surface area contributed by atoms with Crippen molar-refractivity contribution in [3.05, 3.63) is 60.7 Å². The Morgan fingerprint density at radius 1 is 1.19 bits per heavy atom. The van der Waals surface area contributed by atoms with Gasteiger partial charge >= 0.3 is 0 Å². The molecule has 0 aliphatic carbocycles. The minimum atomic E-state index is 0.666. The van der Waals surface area contributed by atoms with Crippen LogP contribution in [-0.2, 0) is 0 Å². The molecular formula is C21H21N5O. The number of hydrogen-bond acceptors (Lipinski definition) is 5. The summed E-state index contributed by atoms with van der Waals surface area (Å²) >= 11 is 0. The molecule has 0 saturated heterocycles. The van der Waals surface area contributed by atoms with Gasteiger partial charge < -0.3 is 10.1 Å². The second-order valence-electron chi connectivity index (χ2n) is 6.23. The molecule has 1 N–H and O–H groups in total. The van der Waals surface area contributed by atoms with Crippen molar-refractivity contribution in [1.29, 1.82) is 0 Å². The molecule has 136 valence electrons. The molecule has 0 unspecified atom stereocenters. The predicted molar refractivity (Wildman–Crippen MR) is 107 cm³/mol. The maximum atomic E-state index is 5.47. The van der Waals surface area contributed by atoms with Gasteiger partial charge in [0, 0.05) is 42.5 Å². The first kappa shape index (κ1) is 17.0. The Kier molecular flexibility index (Phi) is 4.46. The van der Waals surface area contributed by atoms with Gasteiger partial charge in [-0.15, -0.1) is 0 Å². The highest BCUT2D eigenvalue weighted by molar-refractivity contribution is 5.84. The first-order valence-electron chi connectivity index (χ1n) is 8.89. The van der Waals surface area contributed by atoms with Crippen LogP contribution < -0.4 is 10.1 Å². The van der Waals surface area contributed by atoms with Gasteiger partial charge in [0.1, 0.15) is 5.75 Å². The number of aromatic nitrogens is 4. The van der Waals surface area contributed by atoms with Gasteiger partial charge in [-0.25, -0.2) is 9.97 Å². The molecule has 3 heterocycles. The van der Waals surface area contributed by atoms with E-state index in [-0.39, 0.29) is 0 Å². The smallest absolute Gasteiger partial charge is 0.234 e. The lowest BCUT2D eigenvalue weighted by molar-refractivity contribution is 0.416. The van der Waals surface area contributed by atoms with Crippen molar-refractivity contribution in [1.82, 2.24) is 19.4 Å². The highest BCUT2D eigenvalue weighted by Gasteiger charge is 2.19. The van der Waals surface area contributed by atoms with Crippen molar-refractivity contribution in [2.75, 3.05) is 19.0 Å². The lowest BCUT2D eigenvalue weighted by Crippen LogP contribution is -2.00. The summed E-state index contributed by atoms with van der Waals surface area (Å²) in [5.41, 5.74) is 6.00. The fourth-order valence-corrected chi connectivity index (χ4v) is 3.27. The third-order valence-corrected chi connectivity index (χ3v) is 4.52. The number of methoxy groups -OCH3 is 1. The number of anilines is 1. The highest BCUT2D eigenvalue weighted by Crippen LogP contribution is 2.36. The van der Waals surface area contributed by atoms with E-state index in [0.717, 1.165) is 46.1 Å². The number of benzene rings is 1. The van der Waals surface area contributed by atoms with E-state index >= 15 is 0 Å². The summed E-state index contributed by atoms with van der Waals surface area (Å²) in [6.07, 6.45) is 7.42. The molecule has 6 nitrogen and oxygen atoms in total. The summed E-state index contributed by atoms with van der Waals surface area (Å²) in [6, 6.07) is 10.0. The Morgan fingerprint density at radius 3 is 2.85 bits per heavy atom. The van der Waals surface area contributed by atoms with Crippen LogP contribution in [0.5, 0.6) is 5.75 Å². The molecule has 0 radical (unpaired) electrons. The van der Waals surface area contributed by atoms with Crippen LogP contribution in [-0.4, -0.2) is 33.0 Å². The Labute approximate surface area is 157 Å². The number of pyridine rings is 1. The Bertz CT molecular complexity index is 1100. The monoisotopic (exact) mass is 359 g/mol. The summed E-state index contributed by atoms with van der Waals surface area (Å²) in [7, 11) is 1.68. The van der Waals surface area contributed by atoms with E-state index in [0.29, 0.717) is 5.78 Å². The van der Waals surface area contributed by atoms with Crippen molar-refractivity contribution < 1.29 is 4.74 Å². The van der Waals surface area contributed by atoms with E-state index in [1.165, 1.54) is 0 Å². The summed E-state index contributed by atoms with van der Waals surface area (Å²) < 4.78 is 7.50. The van der Waals surface area contributed by atoms with Crippen molar-refractivity contribution in [2.45, 2.75) is 13.8 Å². The van der Waals surface area contributed by atoms with Crippen LogP contribution in [0.2, 0.25) is 0 Å². The van der Waals surface area contributed by atoms with E-state index < -0.39 is 0 Å². The Hall–Kier alpha value is -3.41. The average Bonchev–Trinajstić information content (AvgIpc) is 3.08. The largest absolute Gasteiger partial charge is 0.495 e. The summed E-state index contributed by atoms with van der Waals surface area (Å²) in [5, 5.41) is 3.36. The number of nitrogens with one attached hydrogen (secondary N) is 1. The van der Waals surface area contributed by atoms with Crippen LogP contribution in [0.25, 0.3) is 28.3 Å². The standard InChI is InChI=1S/C21H21N5O/c1-4-23-17-12-15(6-7-18(17)27-3)19-20(16-8-10-22-13-14(16)2)26-11-5-9-24-21(26)25-19/h5-13,23H,4H2,1-3H3. The lowest BCUT2D eigenvalue weighted by Gasteiger charge is -2.12. The molecule has 4 aromatic rings. The van der Waals surface area contributed by atoms with Crippen LogP contribution in [0.15, 0.2) is 55.1 Å². The third kappa shape index (κ3) is 2.99. The number of ether oxygens (including phenoxy) is 1. The quantitative estimate of drug-likeness (QED) is 0.578. The second kappa shape index (κ2) is 7.07. The van der Waals surface area contributed by atoms with Crippen LogP contribution in [0.1, 0.15) is 12.5 Å². The van der Waals surface area contributed by atoms with Gasteiger partial charge in [0.05, 0.1) is 24.2 Å². The fourth-order valence-electron chi connectivity index (χ4n) is 3.27. The average molecular weight is 359 g/mol. The van der Waals surface area contributed by atoms with Gasteiger partial charge in [0.2, 0.25) is 5.78 Å². The Morgan fingerprint density at radius 2 is 2.07 bits per heavy atom. The molecule has 6 heteroatoms. The van der Waals surface area contributed by atoms with Gasteiger partial charge in [-0.2, -0.15) is 0 Å². The van der Waals surface area contributed by atoms with E-state index in [9.17, 15) is 0 Å². The maximum Gasteiger partial charge on any atom is 0.234 e. The number of rotatable bonds is 5. The number of nitrogens with zero attached hydrogens (tertiary/aromatic N) is 4. The van der Waals surface area contributed by atoms with Crippen molar-refractivity contribution >= 4 is 11.5 Å². The Balaban J connectivity index is 1.99. The molecule has 0 saturated carbocycles. The SMILES string of the molecule is CCNc1cc(-c2nc3ncccn3c2-c2ccncc2C)ccc1OC. The molecule has 0 fully saturated rings. The molecule has 0 aliphatic rings. The lowest BCUT2D eigenvalue weighted by atomic mass is 10.0. The molecule has 0 bridgehead atoms. The molecule has 1 aromatic carbocycles. The zero-order valence-corrected chi connectivity index (χ0v) is 15.6. The topological polar surface area (TPSA) is 64.3 Å². The molecule has 4 rings (SSSR count). The molecule has 0 atom stereocenters. The van der Waals surface area contributed by atoms with Crippen molar-refractivity contribution in [3.63, 3.8) is 0 Å². The number of aryl methyl sites for hydroxylation is 1. The van der Waals surface area contributed by atoms with Crippen LogP contribution in [0, 0.1) is 6.92 Å². The van der Waals surface area contributed by atoms with E-state index in [1.54, 1.807) is 19.5 Å². The van der Waals surface area contributed by atoms with E-state index in [4.69, 9.17) is 9.72 Å². The van der Waals surface area contributed by atoms with Gasteiger partial charge in [0.15, 0.2) is 0 Å². The number of imidazole rings is 1. The maximum absolute atomic E-state index is 5.47. The van der Waals surface area contributed by atoms with Crippen LogP contribution in [0.4, 0.5) is 5.69 Å². The fraction of sp³-hybridized carbons (Fsp3) is 0.190. The molecule has 3 aromatic heterocycles. The van der Waals surface area contributed by atoms with Crippen molar-refractivity contribution in [3.8, 4) is 28.3 Å². The third-order valence-electron chi connectivity index (χ3n) is 4.52. The minimum absolute atomic E-state index is 0.666. The molecular weight excluding hydrogens is 338 g/mol. The van der Waals surface area contributed by atoms with Gasteiger partial charge in [-0.05, 0) is 49.7 Å². The number of fused-ring (bicyclic) bond motifs is 1. The van der Waals surface area contributed by atoms with Gasteiger partial charge in [-0.3, -0.25) is 9.38 Å². The van der Waals surface area contributed by atoms with E-state index in [2.05, 4.69) is 35.2 Å². The molecule has 0 aliphatic heterocycles. The molecule has 0 spiro atoms. The van der Waals surface area contributed by atoms with E-state index in [1.807, 2.05) is 41.1 Å². The zero-order valence-electron chi connectivity index (χ0n) is 15.6. The minimum Gasteiger partial charge on any atom is -0.495 e. The summed E-state index contributed by atoms with van der Waals surface area (Å²) in [5.74, 6) is 1.48. The van der Waals surface area contributed by atoms with Gasteiger partial charge in [-0.1, -0.05) is 0 Å². The first-order valence-corrected chi connectivity index (χ1v) is 8.89. The zero-order chi connectivity index (χ0) is 18.8. The van der Waals surface area contributed by atoms with Crippen LogP contribution >= 0.6 is 0 Å². The highest BCUT2D eigenvalue weighted by atomic mass is 16.5. The first-order chi connectivity index (χ1) is 13.2. The second-order valence-corrected chi connectivity index (χ2v) is 6.23. The number of hydrogen-bond donors (Lipinski definition) is 1. The summed E-state index contributed by atoms with van der Waals surface area (Å²) in [4.78, 5) is 13.5. The molecule has 27 heavy (non-hydrogen) atoms. The molecule has 0 amide bonds. The predicted octanol–water partition coefficient (Wildman–Crippen LogP) is 4.21.